The smallest absolute Gasteiger partial charge is 0.256 e. The van der Waals surface area contributed by atoms with Crippen molar-refractivity contribution >= 4 is 29.1 Å². The third-order valence-corrected chi connectivity index (χ3v) is 4.88. The van der Waals surface area contributed by atoms with E-state index in [1.807, 2.05) is 13.0 Å². The van der Waals surface area contributed by atoms with Crippen molar-refractivity contribution in [3.8, 4) is 0 Å². The van der Waals surface area contributed by atoms with E-state index in [0.717, 1.165) is 5.56 Å². The molecule has 6 heteroatoms. The number of carbonyl (C=O) groups excluding carboxylic acids is 2. The van der Waals surface area contributed by atoms with Crippen LogP contribution in [0.3, 0.4) is 0 Å². The number of piperidine rings is 1. The number of halogens is 2. The highest BCUT2D eigenvalue weighted by molar-refractivity contribution is 6.31. The van der Waals surface area contributed by atoms with Gasteiger partial charge in [-0.05, 0) is 49.6 Å². The molecule has 1 unspecified atom stereocenters. The molecule has 1 saturated heterocycles. The standard InChI is InChI=1S/C20H20ClFN2O2/c1-13-8-9-15(21)11-18(13)23-19(25)14-5-4-10-24(12-14)20(26)16-6-2-3-7-17(16)22/h2-3,6-9,11,14H,4-5,10,12H2,1H3,(H,23,25). The molecule has 0 radical (unpaired) electrons. The van der Waals surface area contributed by atoms with Crippen LogP contribution in [-0.2, 0) is 4.79 Å². The maximum atomic E-state index is 13.9. The van der Waals surface area contributed by atoms with E-state index in [1.54, 1.807) is 29.2 Å². The highest BCUT2D eigenvalue weighted by Crippen LogP contribution is 2.24. The third-order valence-electron chi connectivity index (χ3n) is 4.64. The summed E-state index contributed by atoms with van der Waals surface area (Å²) >= 11 is 5.99. The van der Waals surface area contributed by atoms with Crippen LogP contribution < -0.4 is 5.32 Å². The molecule has 2 aromatic carbocycles. The molecule has 1 aliphatic heterocycles. The SMILES string of the molecule is Cc1ccc(Cl)cc1NC(=O)C1CCCN(C(=O)c2ccccc2F)C1. The molecule has 0 saturated carbocycles. The largest absolute Gasteiger partial charge is 0.338 e. The second kappa shape index (κ2) is 7.87. The molecule has 4 nitrogen and oxygen atoms in total. The number of nitrogens with zero attached hydrogens (tertiary/aromatic N) is 1. The van der Waals surface area contributed by atoms with Gasteiger partial charge >= 0.3 is 0 Å². The van der Waals surface area contributed by atoms with Crippen LogP contribution in [0.2, 0.25) is 5.02 Å². The Balaban J connectivity index is 1.70. The molecule has 1 aliphatic rings. The van der Waals surface area contributed by atoms with Gasteiger partial charge in [0.1, 0.15) is 5.82 Å². The summed E-state index contributed by atoms with van der Waals surface area (Å²) in [5, 5.41) is 3.44. The van der Waals surface area contributed by atoms with Gasteiger partial charge in [-0.2, -0.15) is 0 Å². The summed E-state index contributed by atoms with van der Waals surface area (Å²) in [4.78, 5) is 26.8. The number of nitrogens with one attached hydrogen (secondary N) is 1. The molecule has 26 heavy (non-hydrogen) atoms. The quantitative estimate of drug-likeness (QED) is 0.871. The van der Waals surface area contributed by atoms with Gasteiger partial charge in [0.2, 0.25) is 5.91 Å². The topological polar surface area (TPSA) is 49.4 Å². The molecular formula is C20H20ClFN2O2. The van der Waals surface area contributed by atoms with E-state index >= 15 is 0 Å². The molecule has 0 aromatic heterocycles. The number of likely N-dealkylation sites (tertiary alicyclic amines) is 1. The molecule has 1 heterocycles. The number of anilines is 1. The Morgan fingerprint density at radius 3 is 2.77 bits per heavy atom. The van der Waals surface area contributed by atoms with E-state index in [9.17, 15) is 14.0 Å². The minimum atomic E-state index is -0.543. The van der Waals surface area contributed by atoms with Crippen LogP contribution in [0.5, 0.6) is 0 Å². The second-order valence-corrected chi connectivity index (χ2v) is 6.96. The summed E-state index contributed by atoms with van der Waals surface area (Å²) in [5.74, 6) is -1.41. The molecule has 136 valence electrons. The maximum Gasteiger partial charge on any atom is 0.256 e. The monoisotopic (exact) mass is 374 g/mol. The summed E-state index contributed by atoms with van der Waals surface area (Å²) in [5.41, 5.74) is 1.62. The van der Waals surface area contributed by atoms with E-state index in [1.165, 1.54) is 12.1 Å². The summed E-state index contributed by atoms with van der Waals surface area (Å²) < 4.78 is 13.9. The number of hydrogen-bond acceptors (Lipinski definition) is 2. The Kier molecular flexibility index (Phi) is 5.57. The number of carbonyl (C=O) groups is 2. The van der Waals surface area contributed by atoms with Crippen LogP contribution in [0.4, 0.5) is 10.1 Å². The van der Waals surface area contributed by atoms with E-state index < -0.39 is 5.82 Å². The Morgan fingerprint density at radius 1 is 1.23 bits per heavy atom. The average Bonchev–Trinajstić information content (AvgIpc) is 2.64. The van der Waals surface area contributed by atoms with Gasteiger partial charge < -0.3 is 10.2 Å². The molecule has 0 aliphatic carbocycles. The maximum absolute atomic E-state index is 13.9. The van der Waals surface area contributed by atoms with E-state index in [0.29, 0.717) is 30.1 Å². The van der Waals surface area contributed by atoms with E-state index in [-0.39, 0.29) is 29.8 Å². The number of amides is 2. The van der Waals surface area contributed by atoms with Crippen molar-refractivity contribution < 1.29 is 14.0 Å². The Bertz CT molecular complexity index is 840. The number of benzene rings is 2. The first-order chi connectivity index (χ1) is 12.5. The molecule has 1 atom stereocenters. The number of rotatable bonds is 3. The molecule has 3 rings (SSSR count). The van der Waals surface area contributed by atoms with Gasteiger partial charge in [-0.3, -0.25) is 9.59 Å². The summed E-state index contributed by atoms with van der Waals surface area (Å²) in [6.07, 6.45) is 1.39. The van der Waals surface area contributed by atoms with Crippen molar-refractivity contribution in [2.75, 3.05) is 18.4 Å². The van der Waals surface area contributed by atoms with Crippen LogP contribution in [0.25, 0.3) is 0 Å². The lowest BCUT2D eigenvalue weighted by atomic mass is 9.96. The zero-order valence-electron chi connectivity index (χ0n) is 14.5. The van der Waals surface area contributed by atoms with Crippen LogP contribution in [0.1, 0.15) is 28.8 Å². The van der Waals surface area contributed by atoms with Crippen LogP contribution in [0.15, 0.2) is 42.5 Å². The minimum absolute atomic E-state index is 0.0410. The Morgan fingerprint density at radius 2 is 2.00 bits per heavy atom. The lowest BCUT2D eigenvalue weighted by Crippen LogP contribution is -2.44. The van der Waals surface area contributed by atoms with E-state index in [2.05, 4.69) is 5.32 Å². The predicted octanol–water partition coefficient (Wildman–Crippen LogP) is 4.28. The van der Waals surface area contributed by atoms with Crippen LogP contribution >= 0.6 is 11.6 Å². The summed E-state index contributed by atoms with van der Waals surface area (Å²) in [6.45, 7) is 2.69. The molecule has 2 amide bonds. The molecule has 2 aromatic rings. The van der Waals surface area contributed by atoms with Crippen LogP contribution in [-0.4, -0.2) is 29.8 Å². The predicted molar refractivity (Wildman–Crippen MR) is 99.8 cm³/mol. The first kappa shape index (κ1) is 18.4. The lowest BCUT2D eigenvalue weighted by Gasteiger charge is -2.32. The van der Waals surface area contributed by atoms with Crippen LogP contribution in [0, 0.1) is 18.7 Å². The van der Waals surface area contributed by atoms with Gasteiger partial charge in [-0.15, -0.1) is 0 Å². The molecule has 1 N–H and O–H groups in total. The first-order valence-electron chi connectivity index (χ1n) is 8.56. The Labute approximate surface area is 157 Å². The summed E-state index contributed by atoms with van der Waals surface area (Å²) in [7, 11) is 0. The fourth-order valence-electron chi connectivity index (χ4n) is 3.14. The van der Waals surface area contributed by atoms with E-state index in [4.69, 9.17) is 11.6 Å². The normalized spacial score (nSPS) is 17.0. The Hall–Kier alpha value is -2.40. The third kappa shape index (κ3) is 4.05. The number of aryl methyl sites for hydroxylation is 1. The fourth-order valence-corrected chi connectivity index (χ4v) is 3.32. The van der Waals surface area contributed by atoms with Gasteiger partial charge in [0, 0.05) is 23.8 Å². The summed E-state index contributed by atoms with van der Waals surface area (Å²) in [6, 6.07) is 11.2. The van der Waals surface area contributed by atoms with Crippen molar-refractivity contribution in [3.05, 3.63) is 64.4 Å². The lowest BCUT2D eigenvalue weighted by molar-refractivity contribution is -0.121. The van der Waals surface area contributed by atoms with Crippen molar-refractivity contribution in [2.45, 2.75) is 19.8 Å². The first-order valence-corrected chi connectivity index (χ1v) is 8.94. The van der Waals surface area contributed by atoms with Crippen molar-refractivity contribution in [3.63, 3.8) is 0 Å². The van der Waals surface area contributed by atoms with Crippen molar-refractivity contribution in [1.82, 2.24) is 4.90 Å². The zero-order valence-corrected chi connectivity index (χ0v) is 15.2. The average molecular weight is 375 g/mol. The molecule has 0 spiro atoms. The highest BCUT2D eigenvalue weighted by atomic mass is 35.5. The fraction of sp³-hybridized carbons (Fsp3) is 0.300. The van der Waals surface area contributed by atoms with Gasteiger partial charge in [-0.1, -0.05) is 29.8 Å². The van der Waals surface area contributed by atoms with Gasteiger partial charge in [-0.25, -0.2) is 4.39 Å². The minimum Gasteiger partial charge on any atom is -0.338 e. The van der Waals surface area contributed by atoms with Gasteiger partial charge in [0.15, 0.2) is 0 Å². The molecular weight excluding hydrogens is 355 g/mol. The zero-order chi connectivity index (χ0) is 18.7. The highest BCUT2D eigenvalue weighted by Gasteiger charge is 2.30. The molecule has 1 fully saturated rings. The van der Waals surface area contributed by atoms with Crippen molar-refractivity contribution in [1.29, 1.82) is 0 Å². The van der Waals surface area contributed by atoms with Gasteiger partial charge in [0.05, 0.1) is 11.5 Å². The second-order valence-electron chi connectivity index (χ2n) is 6.52. The van der Waals surface area contributed by atoms with Gasteiger partial charge in [0.25, 0.3) is 5.91 Å². The number of hydrogen-bond donors (Lipinski definition) is 1. The van der Waals surface area contributed by atoms with Crippen molar-refractivity contribution in [2.24, 2.45) is 5.92 Å². The molecule has 0 bridgehead atoms.